The van der Waals surface area contributed by atoms with Gasteiger partial charge in [0.2, 0.25) is 5.91 Å². The van der Waals surface area contributed by atoms with E-state index in [2.05, 4.69) is 5.32 Å². The molecule has 4 rings (SSSR count). The smallest absolute Gasteiger partial charge is 0.235 e. The van der Waals surface area contributed by atoms with Gasteiger partial charge in [0.25, 0.3) is 0 Å². The van der Waals surface area contributed by atoms with Gasteiger partial charge in [-0.1, -0.05) is 29.8 Å². The molecule has 0 radical (unpaired) electrons. The highest BCUT2D eigenvalue weighted by Gasteiger charge is 2.53. The number of hydrogen-bond acceptors (Lipinski definition) is 4. The van der Waals surface area contributed by atoms with E-state index in [1.54, 1.807) is 19.2 Å². The lowest BCUT2D eigenvalue weighted by Crippen LogP contribution is -2.33. The zero-order chi connectivity index (χ0) is 18.9. The molecule has 1 aliphatic heterocycles. The van der Waals surface area contributed by atoms with Gasteiger partial charge < -0.3 is 19.5 Å². The second-order valence-electron chi connectivity index (χ2n) is 6.98. The van der Waals surface area contributed by atoms with Gasteiger partial charge >= 0.3 is 0 Å². The van der Waals surface area contributed by atoms with Gasteiger partial charge in [-0.3, -0.25) is 4.79 Å². The van der Waals surface area contributed by atoms with Gasteiger partial charge in [0.05, 0.1) is 18.6 Å². The first-order chi connectivity index (χ1) is 13.1. The molecule has 1 saturated heterocycles. The molecule has 6 heteroatoms. The summed E-state index contributed by atoms with van der Waals surface area (Å²) in [6.45, 7) is 1.23. The maximum atomic E-state index is 13.1. The van der Waals surface area contributed by atoms with E-state index in [9.17, 15) is 4.79 Å². The van der Waals surface area contributed by atoms with Gasteiger partial charge in [0.1, 0.15) is 6.61 Å². The molecule has 5 nitrogen and oxygen atoms in total. The van der Waals surface area contributed by atoms with E-state index in [-0.39, 0.29) is 12.0 Å². The zero-order valence-electron chi connectivity index (χ0n) is 15.2. The number of carbonyl (C=O) groups excluding carboxylic acids is 1. The maximum Gasteiger partial charge on any atom is 0.235 e. The molecule has 0 spiro atoms. The van der Waals surface area contributed by atoms with Crippen molar-refractivity contribution in [3.8, 4) is 11.5 Å². The Morgan fingerprint density at radius 3 is 2.70 bits per heavy atom. The number of ether oxygens (including phenoxy) is 3. The fourth-order valence-corrected chi connectivity index (χ4v) is 3.55. The first kappa shape index (κ1) is 18.1. The third-order valence-corrected chi connectivity index (χ3v) is 5.42. The summed E-state index contributed by atoms with van der Waals surface area (Å²) in [6.07, 6.45) is 2.63. The molecule has 2 aromatic carbocycles. The molecule has 1 amide bonds. The van der Waals surface area contributed by atoms with Gasteiger partial charge in [-0.2, -0.15) is 0 Å². The lowest BCUT2D eigenvalue weighted by molar-refractivity contribution is -0.118. The topological polar surface area (TPSA) is 56.8 Å². The van der Waals surface area contributed by atoms with Crippen LogP contribution in [-0.4, -0.2) is 32.3 Å². The quantitative estimate of drug-likeness (QED) is 0.774. The van der Waals surface area contributed by atoms with Crippen LogP contribution in [0.5, 0.6) is 11.5 Å². The van der Waals surface area contributed by atoms with Crippen LogP contribution < -0.4 is 14.8 Å². The summed E-state index contributed by atoms with van der Waals surface area (Å²) in [6, 6.07) is 12.9. The van der Waals surface area contributed by atoms with E-state index in [1.807, 2.05) is 30.3 Å². The average Bonchev–Trinajstić information content (AvgIpc) is 3.42. The van der Waals surface area contributed by atoms with Crippen molar-refractivity contribution in [1.82, 2.24) is 0 Å². The zero-order valence-corrected chi connectivity index (χ0v) is 15.9. The standard InChI is InChI=1S/C21H22ClNO4/c1-25-18-7-3-6-17(19(18)27-13-16-8-11-26-16)21(9-10-21)20(24)23-15-5-2-4-14(22)12-15/h2-7,12,16H,8-11,13H2,1H3,(H,23,24). The van der Waals surface area contributed by atoms with E-state index in [0.717, 1.165) is 31.4 Å². The van der Waals surface area contributed by atoms with Crippen LogP contribution in [0.4, 0.5) is 5.69 Å². The molecule has 2 fully saturated rings. The number of halogens is 1. The number of hydrogen-bond donors (Lipinski definition) is 1. The molecule has 27 heavy (non-hydrogen) atoms. The third kappa shape index (κ3) is 3.62. The Labute approximate surface area is 163 Å². The van der Waals surface area contributed by atoms with Crippen molar-refractivity contribution < 1.29 is 19.0 Å². The SMILES string of the molecule is COc1cccc(C2(C(=O)Nc3cccc(Cl)c3)CC2)c1OCC1CCO1. The highest BCUT2D eigenvalue weighted by molar-refractivity contribution is 6.30. The van der Waals surface area contributed by atoms with Crippen molar-refractivity contribution in [2.45, 2.75) is 30.8 Å². The Kier molecular flexibility index (Phi) is 4.98. The Hall–Kier alpha value is -2.24. The first-order valence-electron chi connectivity index (χ1n) is 9.11. The third-order valence-electron chi connectivity index (χ3n) is 5.19. The van der Waals surface area contributed by atoms with Crippen LogP contribution >= 0.6 is 11.6 Å². The normalized spacial score (nSPS) is 19.7. The van der Waals surface area contributed by atoms with Crippen LogP contribution in [-0.2, 0) is 14.9 Å². The second kappa shape index (κ2) is 7.41. The summed E-state index contributed by atoms with van der Waals surface area (Å²) in [5.41, 5.74) is 0.944. The number of benzene rings is 2. The molecule has 1 unspecified atom stereocenters. The minimum atomic E-state index is -0.605. The number of amides is 1. The van der Waals surface area contributed by atoms with E-state index < -0.39 is 5.41 Å². The summed E-state index contributed by atoms with van der Waals surface area (Å²) in [5, 5.41) is 3.58. The number of para-hydroxylation sites is 1. The summed E-state index contributed by atoms with van der Waals surface area (Å²) >= 11 is 6.03. The van der Waals surface area contributed by atoms with Gasteiger partial charge in [-0.05, 0) is 37.1 Å². The van der Waals surface area contributed by atoms with Crippen molar-refractivity contribution >= 4 is 23.2 Å². The number of rotatable bonds is 7. The summed E-state index contributed by atoms with van der Waals surface area (Å²) in [5.74, 6) is 1.21. The highest BCUT2D eigenvalue weighted by atomic mass is 35.5. The van der Waals surface area contributed by atoms with Gasteiger partial charge in [-0.15, -0.1) is 0 Å². The molecule has 1 atom stereocenters. The molecule has 1 heterocycles. The monoisotopic (exact) mass is 387 g/mol. The number of carbonyl (C=O) groups is 1. The molecule has 1 aliphatic carbocycles. The molecular formula is C21H22ClNO4. The Balaban J connectivity index is 1.59. The number of nitrogens with one attached hydrogen (secondary N) is 1. The lowest BCUT2D eigenvalue weighted by atomic mass is 9.93. The number of methoxy groups -OCH3 is 1. The molecule has 0 bridgehead atoms. The molecule has 1 saturated carbocycles. The van der Waals surface area contributed by atoms with Crippen LogP contribution in [0.2, 0.25) is 5.02 Å². The molecule has 142 valence electrons. The minimum Gasteiger partial charge on any atom is -0.493 e. The van der Waals surface area contributed by atoms with Crippen LogP contribution in [0.1, 0.15) is 24.8 Å². The van der Waals surface area contributed by atoms with E-state index in [0.29, 0.717) is 28.8 Å². The van der Waals surface area contributed by atoms with Crippen molar-refractivity contribution in [2.75, 3.05) is 25.6 Å². The Bertz CT molecular complexity index is 846. The van der Waals surface area contributed by atoms with Gasteiger partial charge in [0.15, 0.2) is 11.5 Å². The van der Waals surface area contributed by atoms with Crippen LogP contribution in [0.3, 0.4) is 0 Å². The largest absolute Gasteiger partial charge is 0.493 e. The lowest BCUT2D eigenvalue weighted by Gasteiger charge is -2.28. The molecule has 2 aliphatic rings. The van der Waals surface area contributed by atoms with Crippen molar-refractivity contribution in [3.05, 3.63) is 53.1 Å². The highest BCUT2D eigenvalue weighted by Crippen LogP contribution is 2.54. The molecular weight excluding hydrogens is 366 g/mol. The Morgan fingerprint density at radius 2 is 2.07 bits per heavy atom. The van der Waals surface area contributed by atoms with Crippen LogP contribution in [0, 0.1) is 0 Å². The summed E-state index contributed by atoms with van der Waals surface area (Å²) in [4.78, 5) is 13.1. The Morgan fingerprint density at radius 1 is 1.30 bits per heavy atom. The van der Waals surface area contributed by atoms with E-state index >= 15 is 0 Å². The first-order valence-corrected chi connectivity index (χ1v) is 9.49. The minimum absolute atomic E-state index is 0.0530. The van der Waals surface area contributed by atoms with Crippen molar-refractivity contribution in [3.63, 3.8) is 0 Å². The van der Waals surface area contributed by atoms with Crippen LogP contribution in [0.15, 0.2) is 42.5 Å². The van der Waals surface area contributed by atoms with Crippen molar-refractivity contribution in [2.24, 2.45) is 0 Å². The predicted molar refractivity (Wildman–Crippen MR) is 104 cm³/mol. The molecule has 1 N–H and O–H groups in total. The molecule has 2 aromatic rings. The second-order valence-corrected chi connectivity index (χ2v) is 7.41. The van der Waals surface area contributed by atoms with Gasteiger partial charge in [0, 0.05) is 29.3 Å². The number of anilines is 1. The van der Waals surface area contributed by atoms with E-state index in [4.69, 9.17) is 25.8 Å². The fraction of sp³-hybridized carbons (Fsp3) is 0.381. The fourth-order valence-electron chi connectivity index (χ4n) is 3.36. The predicted octanol–water partition coefficient (Wildman–Crippen LogP) is 4.19. The van der Waals surface area contributed by atoms with Gasteiger partial charge in [-0.25, -0.2) is 0 Å². The van der Waals surface area contributed by atoms with Crippen molar-refractivity contribution in [1.29, 1.82) is 0 Å². The van der Waals surface area contributed by atoms with Crippen LogP contribution in [0.25, 0.3) is 0 Å². The summed E-state index contributed by atoms with van der Waals surface area (Å²) < 4.78 is 17.0. The molecule has 0 aromatic heterocycles. The maximum absolute atomic E-state index is 13.1. The average molecular weight is 388 g/mol. The van der Waals surface area contributed by atoms with E-state index in [1.165, 1.54) is 0 Å². The summed E-state index contributed by atoms with van der Waals surface area (Å²) in [7, 11) is 1.61.